The van der Waals surface area contributed by atoms with E-state index in [1.54, 1.807) is 4.90 Å². The van der Waals surface area contributed by atoms with Crippen molar-refractivity contribution in [2.45, 2.75) is 50.3 Å². The minimum absolute atomic E-state index is 0.0193. The molecule has 0 N–H and O–H groups in total. The Morgan fingerprint density at radius 3 is 2.81 bits per heavy atom. The summed E-state index contributed by atoms with van der Waals surface area (Å²) in [6.07, 6.45) is 0.554. The highest BCUT2D eigenvalue weighted by Crippen LogP contribution is 2.33. The van der Waals surface area contributed by atoms with Crippen molar-refractivity contribution in [3.05, 3.63) is 0 Å². The zero-order valence-electron chi connectivity index (χ0n) is 9.90. The second-order valence-electron chi connectivity index (χ2n) is 5.34. The summed E-state index contributed by atoms with van der Waals surface area (Å²) in [6.45, 7) is 6.79. The fourth-order valence-corrected chi connectivity index (χ4v) is 2.63. The van der Waals surface area contributed by atoms with Crippen LogP contribution in [0.5, 0.6) is 0 Å². The van der Waals surface area contributed by atoms with Gasteiger partial charge in [-0.05, 0) is 27.2 Å². The first-order chi connectivity index (χ1) is 7.38. The number of amides is 1. The molecule has 0 aromatic carbocycles. The van der Waals surface area contributed by atoms with E-state index >= 15 is 0 Å². The van der Waals surface area contributed by atoms with Gasteiger partial charge in [0.25, 0.3) is 0 Å². The number of alkyl halides is 1. The second kappa shape index (κ2) is 4.08. The van der Waals surface area contributed by atoms with Gasteiger partial charge < -0.3 is 14.4 Å². The molecule has 1 amide bonds. The van der Waals surface area contributed by atoms with Gasteiger partial charge in [0.2, 0.25) is 0 Å². The van der Waals surface area contributed by atoms with Crippen molar-refractivity contribution in [2.75, 3.05) is 13.2 Å². The molecule has 0 spiro atoms. The van der Waals surface area contributed by atoms with Crippen molar-refractivity contribution in [3.63, 3.8) is 0 Å². The third-order valence-electron chi connectivity index (χ3n) is 2.86. The van der Waals surface area contributed by atoms with Gasteiger partial charge in [0, 0.05) is 13.2 Å². The number of halogens is 1. The topological polar surface area (TPSA) is 38.8 Å². The van der Waals surface area contributed by atoms with Gasteiger partial charge in [-0.15, -0.1) is 11.6 Å². The molecular formula is C11H18ClNO3. The highest BCUT2D eigenvalue weighted by molar-refractivity contribution is 6.21. The standard InChI is InChI=1S/C11H18ClNO3/c1-11(2,3)16-10(14)13-6-7(12)9-8(13)4-5-15-9/h7-9H,4-6H2,1-3H3. The van der Waals surface area contributed by atoms with Gasteiger partial charge in [-0.25, -0.2) is 4.79 Å². The Kier molecular flexibility index (Phi) is 3.05. The highest BCUT2D eigenvalue weighted by Gasteiger charge is 2.47. The number of fused-ring (bicyclic) bond motifs is 1. The van der Waals surface area contributed by atoms with Crippen molar-refractivity contribution in [2.24, 2.45) is 0 Å². The fraction of sp³-hybridized carbons (Fsp3) is 0.909. The first-order valence-electron chi connectivity index (χ1n) is 5.64. The minimum atomic E-state index is -0.462. The average molecular weight is 248 g/mol. The van der Waals surface area contributed by atoms with Crippen LogP contribution in [0.15, 0.2) is 0 Å². The molecule has 2 aliphatic heterocycles. The quantitative estimate of drug-likeness (QED) is 0.615. The number of likely N-dealkylation sites (tertiary alicyclic amines) is 1. The van der Waals surface area contributed by atoms with Crippen LogP contribution in [0.4, 0.5) is 4.79 Å². The number of hydrogen-bond acceptors (Lipinski definition) is 3. The summed E-state index contributed by atoms with van der Waals surface area (Å²) in [5, 5.41) is -0.111. The number of carbonyl (C=O) groups excluding carboxylic acids is 1. The Hall–Kier alpha value is -0.480. The SMILES string of the molecule is CC(C)(C)OC(=O)N1CC(Cl)C2OCCC21. The van der Waals surface area contributed by atoms with E-state index in [0.29, 0.717) is 13.2 Å². The fourth-order valence-electron chi connectivity index (χ4n) is 2.24. The first-order valence-corrected chi connectivity index (χ1v) is 6.07. The second-order valence-corrected chi connectivity index (χ2v) is 5.90. The Balaban J connectivity index is 2.02. The molecule has 92 valence electrons. The molecule has 3 atom stereocenters. The van der Waals surface area contributed by atoms with E-state index in [1.807, 2.05) is 20.8 Å². The minimum Gasteiger partial charge on any atom is -0.444 e. The van der Waals surface area contributed by atoms with Crippen LogP contribution in [0, 0.1) is 0 Å². The Labute approximate surface area is 101 Å². The molecule has 0 radical (unpaired) electrons. The monoisotopic (exact) mass is 247 g/mol. The Morgan fingerprint density at radius 2 is 2.19 bits per heavy atom. The maximum absolute atomic E-state index is 11.9. The van der Waals surface area contributed by atoms with E-state index in [2.05, 4.69) is 0 Å². The summed E-state index contributed by atoms with van der Waals surface area (Å²) < 4.78 is 10.9. The average Bonchev–Trinajstić information content (AvgIpc) is 2.66. The normalized spacial score (nSPS) is 34.0. The lowest BCUT2D eigenvalue weighted by Crippen LogP contribution is -2.41. The first kappa shape index (κ1) is 12.0. The summed E-state index contributed by atoms with van der Waals surface area (Å²) in [7, 11) is 0. The van der Waals surface area contributed by atoms with E-state index in [9.17, 15) is 4.79 Å². The third-order valence-corrected chi connectivity index (χ3v) is 3.25. The van der Waals surface area contributed by atoms with Crippen LogP contribution in [0.25, 0.3) is 0 Å². The van der Waals surface area contributed by atoms with Gasteiger partial charge in [-0.1, -0.05) is 0 Å². The van der Waals surface area contributed by atoms with Crippen LogP contribution in [0.2, 0.25) is 0 Å². The van der Waals surface area contributed by atoms with Crippen LogP contribution < -0.4 is 0 Å². The van der Waals surface area contributed by atoms with E-state index in [1.165, 1.54) is 0 Å². The molecule has 2 heterocycles. The van der Waals surface area contributed by atoms with E-state index in [4.69, 9.17) is 21.1 Å². The van der Waals surface area contributed by atoms with Gasteiger partial charge in [0.05, 0.1) is 17.5 Å². The van der Waals surface area contributed by atoms with Crippen LogP contribution in [0.1, 0.15) is 27.2 Å². The number of nitrogens with zero attached hydrogens (tertiary/aromatic N) is 1. The lowest BCUT2D eigenvalue weighted by molar-refractivity contribution is 0.0208. The van der Waals surface area contributed by atoms with E-state index in [0.717, 1.165) is 6.42 Å². The molecule has 5 heteroatoms. The van der Waals surface area contributed by atoms with E-state index < -0.39 is 5.60 Å². The molecule has 2 saturated heterocycles. The molecule has 16 heavy (non-hydrogen) atoms. The van der Waals surface area contributed by atoms with Gasteiger partial charge in [0.1, 0.15) is 5.60 Å². The molecule has 2 fully saturated rings. The van der Waals surface area contributed by atoms with Crippen molar-refractivity contribution >= 4 is 17.7 Å². The molecule has 0 saturated carbocycles. The van der Waals surface area contributed by atoms with Crippen molar-refractivity contribution in [1.29, 1.82) is 0 Å². The molecular weight excluding hydrogens is 230 g/mol. The zero-order valence-corrected chi connectivity index (χ0v) is 10.7. The number of rotatable bonds is 0. The molecule has 2 rings (SSSR count). The van der Waals surface area contributed by atoms with Gasteiger partial charge in [-0.3, -0.25) is 0 Å². The molecule has 0 aromatic rings. The third kappa shape index (κ3) is 2.28. The summed E-state index contributed by atoms with van der Waals surface area (Å²) >= 11 is 6.15. The van der Waals surface area contributed by atoms with Crippen LogP contribution in [0.3, 0.4) is 0 Å². The summed E-state index contributed by atoms with van der Waals surface area (Å²) in [4.78, 5) is 13.6. The van der Waals surface area contributed by atoms with Crippen LogP contribution >= 0.6 is 11.6 Å². The molecule has 4 nitrogen and oxygen atoms in total. The molecule has 2 aliphatic rings. The zero-order chi connectivity index (χ0) is 11.9. The molecule has 0 aliphatic carbocycles. The van der Waals surface area contributed by atoms with Gasteiger partial charge in [0.15, 0.2) is 0 Å². The number of ether oxygens (including phenoxy) is 2. The van der Waals surface area contributed by atoms with Crippen molar-refractivity contribution < 1.29 is 14.3 Å². The largest absolute Gasteiger partial charge is 0.444 e. The van der Waals surface area contributed by atoms with Crippen LogP contribution in [-0.4, -0.2) is 47.3 Å². The molecule has 0 bridgehead atoms. The Morgan fingerprint density at radius 1 is 1.50 bits per heavy atom. The predicted octanol–water partition coefficient (Wildman–Crippen LogP) is 2.00. The smallest absolute Gasteiger partial charge is 0.410 e. The van der Waals surface area contributed by atoms with Crippen molar-refractivity contribution in [1.82, 2.24) is 4.90 Å². The maximum atomic E-state index is 11.9. The summed E-state index contributed by atoms with van der Waals surface area (Å²) in [6, 6.07) is 0.0948. The number of carbonyl (C=O) groups is 1. The highest BCUT2D eigenvalue weighted by atomic mass is 35.5. The van der Waals surface area contributed by atoms with E-state index in [-0.39, 0.29) is 23.6 Å². The van der Waals surface area contributed by atoms with Crippen LogP contribution in [-0.2, 0) is 9.47 Å². The van der Waals surface area contributed by atoms with Crippen molar-refractivity contribution in [3.8, 4) is 0 Å². The maximum Gasteiger partial charge on any atom is 0.410 e. The van der Waals surface area contributed by atoms with Gasteiger partial charge >= 0.3 is 6.09 Å². The Bertz CT molecular complexity index is 289. The lowest BCUT2D eigenvalue weighted by Gasteiger charge is -2.27. The summed E-state index contributed by atoms with van der Waals surface area (Å²) in [5.41, 5.74) is -0.462. The predicted molar refractivity (Wildman–Crippen MR) is 60.7 cm³/mol. The van der Waals surface area contributed by atoms with Gasteiger partial charge in [-0.2, -0.15) is 0 Å². The number of hydrogen-bond donors (Lipinski definition) is 0. The molecule has 3 unspecified atom stereocenters. The lowest BCUT2D eigenvalue weighted by atomic mass is 10.1. The summed E-state index contributed by atoms with van der Waals surface area (Å²) in [5.74, 6) is 0. The molecule has 0 aromatic heterocycles.